The van der Waals surface area contributed by atoms with Crippen molar-refractivity contribution in [1.82, 2.24) is 0 Å². The predicted molar refractivity (Wildman–Crippen MR) is 214 cm³/mol. The first-order valence-corrected chi connectivity index (χ1v) is 19.9. The molecule has 7 rings (SSSR count). The number of phenolic OH excluding ortho intramolecular Hbond substituents is 4. The Morgan fingerprint density at radius 1 is 0.662 bits per heavy atom. The number of carbonyl (C=O) groups excluding carboxylic acids is 1. The van der Waals surface area contributed by atoms with Crippen LogP contribution >= 0.6 is 0 Å². The van der Waals surface area contributed by atoms with Gasteiger partial charge in [-0.15, -0.1) is 0 Å². The first-order chi connectivity index (χ1) is 30.9. The molecule has 0 spiro atoms. The van der Waals surface area contributed by atoms with Crippen molar-refractivity contribution in [2.45, 2.75) is 99.0 Å². The lowest BCUT2D eigenvalue weighted by molar-refractivity contribution is -0.353. The maximum absolute atomic E-state index is 14.4. The zero-order chi connectivity index (χ0) is 47.0. The summed E-state index contributed by atoms with van der Waals surface area (Å²) < 4.78 is 46.0. The first kappa shape index (κ1) is 47.3. The molecule has 0 amide bonds. The van der Waals surface area contributed by atoms with Gasteiger partial charge in [0.1, 0.15) is 89.3 Å². The molecule has 1 aromatic heterocycles. The molecule has 4 aromatic rings. The number of aliphatic hydroxyl groups excluding tert-OH is 9. The van der Waals surface area contributed by atoms with Gasteiger partial charge in [0, 0.05) is 23.8 Å². The summed E-state index contributed by atoms with van der Waals surface area (Å²) in [5.41, 5.74) is -1.19. The number of carbonyl (C=O) groups is 1. The van der Waals surface area contributed by atoms with Crippen LogP contribution in [0.1, 0.15) is 12.5 Å². The molecule has 0 bridgehead atoms. The Morgan fingerprint density at radius 2 is 1.31 bits per heavy atom. The van der Waals surface area contributed by atoms with Gasteiger partial charge in [-0.05, 0) is 55.0 Å². The van der Waals surface area contributed by atoms with Crippen LogP contribution in [0.15, 0.2) is 69.9 Å². The summed E-state index contributed by atoms with van der Waals surface area (Å²) in [7, 11) is 0. The minimum absolute atomic E-state index is 0.0539. The van der Waals surface area contributed by atoms with E-state index in [-0.39, 0.29) is 28.2 Å². The van der Waals surface area contributed by atoms with Crippen molar-refractivity contribution in [3.8, 4) is 45.8 Å². The van der Waals surface area contributed by atoms with Crippen molar-refractivity contribution < 1.29 is 109 Å². The zero-order valence-electron chi connectivity index (χ0n) is 33.8. The highest BCUT2D eigenvalue weighted by molar-refractivity contribution is 5.89. The number of hydrogen-bond donors (Lipinski definition) is 13. The average molecular weight is 919 g/mol. The van der Waals surface area contributed by atoms with Gasteiger partial charge in [-0.2, -0.15) is 0 Å². The van der Waals surface area contributed by atoms with Crippen LogP contribution in [0.5, 0.6) is 34.5 Å². The molecule has 0 aliphatic carbocycles. The van der Waals surface area contributed by atoms with E-state index < -0.39 is 151 Å². The molecule has 3 aliphatic rings. The number of aliphatic hydroxyl groups is 9. The van der Waals surface area contributed by atoms with Crippen molar-refractivity contribution in [3.05, 3.63) is 76.5 Å². The van der Waals surface area contributed by atoms with E-state index in [2.05, 4.69) is 0 Å². The summed E-state index contributed by atoms with van der Waals surface area (Å²) in [4.78, 5) is 27.7. The first-order valence-electron chi connectivity index (χ1n) is 19.9. The van der Waals surface area contributed by atoms with Crippen molar-refractivity contribution in [2.75, 3.05) is 13.2 Å². The van der Waals surface area contributed by atoms with E-state index in [1.54, 1.807) is 0 Å². The standard InChI is InChI=1S/C42H46O23/c1-15-28(50)31(53)33(55)40(58-15)59-19-11-22(48)27-23(12-19)60-36(17-4-6-18(45)7-5-17)38(30(27)52)64-42-35(57)39(65-41-34(56)32(54)29(51)24(13-43)61-41)37(25(14-44)62-42)63-26(49)9-3-16-2-8-20(46)21(47)10-16/h2-12,15,24-25,28-29,31-35,37,39-48,50-51,53-57H,13-14H2,1H3. The highest BCUT2D eigenvalue weighted by Crippen LogP contribution is 2.40. The predicted octanol–water partition coefficient (Wildman–Crippen LogP) is -2.24. The third kappa shape index (κ3) is 9.68. The van der Waals surface area contributed by atoms with E-state index in [0.717, 1.165) is 30.3 Å². The Labute approximate surface area is 365 Å². The second-order valence-electron chi connectivity index (χ2n) is 15.4. The maximum Gasteiger partial charge on any atom is 0.331 e. The third-order valence-electron chi connectivity index (χ3n) is 10.9. The van der Waals surface area contributed by atoms with Crippen molar-refractivity contribution in [3.63, 3.8) is 0 Å². The van der Waals surface area contributed by atoms with Crippen LogP contribution < -0.4 is 14.9 Å². The summed E-state index contributed by atoms with van der Waals surface area (Å²) in [6.07, 6.45) is -24.6. The fourth-order valence-corrected chi connectivity index (χ4v) is 7.35. The summed E-state index contributed by atoms with van der Waals surface area (Å²) in [5, 5.41) is 135. The van der Waals surface area contributed by atoms with Crippen molar-refractivity contribution in [2.24, 2.45) is 0 Å². The molecule has 4 heterocycles. The van der Waals surface area contributed by atoms with Gasteiger partial charge in [0.15, 0.2) is 29.7 Å². The van der Waals surface area contributed by atoms with Crippen LogP contribution in [0.25, 0.3) is 28.4 Å². The molecule has 0 saturated carbocycles. The molecule has 23 nitrogen and oxygen atoms in total. The van der Waals surface area contributed by atoms with Gasteiger partial charge in [0.25, 0.3) is 0 Å². The maximum atomic E-state index is 14.4. The van der Waals surface area contributed by atoms with Gasteiger partial charge in [-0.3, -0.25) is 4.79 Å². The molecule has 352 valence electrons. The average Bonchev–Trinajstić information content (AvgIpc) is 3.28. The van der Waals surface area contributed by atoms with Crippen LogP contribution in [0, 0.1) is 0 Å². The van der Waals surface area contributed by atoms with Crippen LogP contribution in [0.4, 0.5) is 0 Å². The van der Waals surface area contributed by atoms with Gasteiger partial charge >= 0.3 is 5.97 Å². The van der Waals surface area contributed by atoms with E-state index in [1.165, 1.54) is 43.3 Å². The molecular formula is C42H46O23. The molecule has 15 atom stereocenters. The summed E-state index contributed by atoms with van der Waals surface area (Å²) in [5.74, 6) is -4.50. The molecule has 65 heavy (non-hydrogen) atoms. The smallest absolute Gasteiger partial charge is 0.331 e. The molecule has 0 radical (unpaired) electrons. The van der Waals surface area contributed by atoms with E-state index in [9.17, 15) is 76.0 Å². The van der Waals surface area contributed by atoms with Crippen LogP contribution in [-0.4, -0.2) is 178 Å². The van der Waals surface area contributed by atoms with Gasteiger partial charge in [-0.25, -0.2) is 4.79 Å². The Bertz CT molecular complexity index is 2400. The molecule has 13 N–H and O–H groups in total. The lowest BCUT2D eigenvalue weighted by Crippen LogP contribution is -2.66. The van der Waals surface area contributed by atoms with E-state index in [4.69, 9.17) is 37.6 Å². The Balaban J connectivity index is 1.25. The summed E-state index contributed by atoms with van der Waals surface area (Å²) >= 11 is 0. The molecule has 15 unspecified atom stereocenters. The summed E-state index contributed by atoms with van der Waals surface area (Å²) in [6, 6.07) is 10.7. The molecule has 23 heteroatoms. The Morgan fingerprint density at radius 3 is 1.98 bits per heavy atom. The highest BCUT2D eigenvalue weighted by Gasteiger charge is 2.53. The largest absolute Gasteiger partial charge is 0.508 e. The molecule has 3 saturated heterocycles. The van der Waals surface area contributed by atoms with Crippen molar-refractivity contribution >= 4 is 23.0 Å². The minimum Gasteiger partial charge on any atom is -0.508 e. The molecular weight excluding hydrogens is 872 g/mol. The van der Waals surface area contributed by atoms with E-state index in [0.29, 0.717) is 0 Å². The lowest BCUT2D eigenvalue weighted by Gasteiger charge is -2.46. The SMILES string of the molecule is CC1OC(Oc2cc(O)c3c(=O)c(OC4OC(CO)C(OC(=O)C=Cc5ccc(O)c(O)c5)C(OC5OC(CO)C(O)C(O)C5O)C4O)c(-c4ccc(O)cc4)oc3c2)C(O)C(O)C1O. The number of phenols is 4. The monoisotopic (exact) mass is 918 g/mol. The fourth-order valence-electron chi connectivity index (χ4n) is 7.35. The molecule has 3 aliphatic heterocycles. The number of fused-ring (bicyclic) bond motifs is 1. The van der Waals surface area contributed by atoms with Gasteiger partial charge in [-0.1, -0.05) is 6.07 Å². The fraction of sp³-hybridized carbons (Fsp3) is 0.429. The summed E-state index contributed by atoms with van der Waals surface area (Å²) in [6.45, 7) is -0.483. The topological polar surface area (TPSA) is 375 Å². The van der Waals surface area contributed by atoms with Crippen LogP contribution in [0.2, 0.25) is 0 Å². The Kier molecular flexibility index (Phi) is 14.2. The number of benzene rings is 3. The van der Waals surface area contributed by atoms with E-state index >= 15 is 0 Å². The van der Waals surface area contributed by atoms with Crippen molar-refractivity contribution in [1.29, 1.82) is 0 Å². The van der Waals surface area contributed by atoms with Gasteiger partial charge in [0.2, 0.25) is 23.8 Å². The Hall–Kier alpha value is -5.64. The van der Waals surface area contributed by atoms with Gasteiger partial charge < -0.3 is 104 Å². The number of esters is 1. The number of ether oxygens (including phenoxy) is 7. The number of hydrogen-bond acceptors (Lipinski definition) is 23. The van der Waals surface area contributed by atoms with Crippen LogP contribution in [0.3, 0.4) is 0 Å². The number of rotatable bonds is 12. The molecule has 3 aromatic carbocycles. The van der Waals surface area contributed by atoms with Crippen LogP contribution in [-0.2, 0) is 28.5 Å². The quantitative estimate of drug-likeness (QED) is 0.0406. The van der Waals surface area contributed by atoms with E-state index in [1.807, 2.05) is 0 Å². The lowest BCUT2D eigenvalue weighted by atomic mass is 9.96. The second kappa shape index (κ2) is 19.4. The normalized spacial score (nSPS) is 32.9. The van der Waals surface area contributed by atoms with Gasteiger partial charge in [0.05, 0.1) is 19.3 Å². The third-order valence-corrected chi connectivity index (χ3v) is 10.9. The second-order valence-corrected chi connectivity index (χ2v) is 15.4. The highest BCUT2D eigenvalue weighted by atomic mass is 16.7. The molecule has 3 fully saturated rings. The number of aromatic hydroxyl groups is 4. The zero-order valence-corrected chi connectivity index (χ0v) is 33.8. The minimum atomic E-state index is -2.20.